The Bertz CT molecular complexity index is 1700. The Kier molecular flexibility index (Phi) is 5.07. The van der Waals surface area contributed by atoms with Gasteiger partial charge in [0.2, 0.25) is 5.88 Å². The number of imidazole rings is 1. The molecule has 1 N–H and O–H groups in total. The van der Waals surface area contributed by atoms with Crippen LogP contribution in [0.2, 0.25) is 10.0 Å². The topological polar surface area (TPSA) is 81.5 Å². The van der Waals surface area contributed by atoms with E-state index in [2.05, 4.69) is 28.7 Å². The highest BCUT2D eigenvalue weighted by molar-refractivity contribution is 6.31. The number of amides is 1. The van der Waals surface area contributed by atoms with Gasteiger partial charge in [-0.2, -0.15) is 0 Å². The van der Waals surface area contributed by atoms with Crippen LogP contribution in [0.25, 0.3) is 11.4 Å². The lowest BCUT2D eigenvalue weighted by atomic mass is 9.79. The number of anilines is 2. The van der Waals surface area contributed by atoms with Crippen LogP contribution < -0.4 is 19.7 Å². The minimum atomic E-state index is -0.877. The summed E-state index contributed by atoms with van der Waals surface area (Å²) in [6.45, 7) is 6.69. The molecule has 0 aliphatic carbocycles. The summed E-state index contributed by atoms with van der Waals surface area (Å²) >= 11 is 12.9. The number of hydrogen-bond donors (Lipinski definition) is 1. The van der Waals surface area contributed by atoms with Crippen LogP contribution in [-0.2, 0) is 11.1 Å². The SMILES string of the molecule is CCOc1cc(OC)c(-c2nc3c4n2C(C)(C)C2Nc5cc(Cl)ccc5C42N(c2cccc(Cl)c2)C3=O)cn1. The van der Waals surface area contributed by atoms with Crippen molar-refractivity contribution in [3.8, 4) is 23.0 Å². The van der Waals surface area contributed by atoms with Crippen LogP contribution in [0, 0.1) is 0 Å². The Morgan fingerprint density at radius 3 is 2.64 bits per heavy atom. The second kappa shape index (κ2) is 8.13. The lowest BCUT2D eigenvalue weighted by Crippen LogP contribution is -2.55. The third-order valence-corrected chi connectivity index (χ3v) is 8.52. The van der Waals surface area contributed by atoms with Crippen LogP contribution in [0.3, 0.4) is 0 Å². The first-order chi connectivity index (χ1) is 18.7. The summed E-state index contributed by atoms with van der Waals surface area (Å²) in [5, 5.41) is 4.89. The van der Waals surface area contributed by atoms with Gasteiger partial charge >= 0.3 is 0 Å². The van der Waals surface area contributed by atoms with E-state index in [0.717, 1.165) is 16.9 Å². The van der Waals surface area contributed by atoms with Crippen molar-refractivity contribution in [2.24, 2.45) is 0 Å². The fourth-order valence-electron chi connectivity index (χ4n) is 6.67. The van der Waals surface area contributed by atoms with E-state index in [0.29, 0.717) is 51.1 Å². The lowest BCUT2D eigenvalue weighted by Gasteiger charge is -2.40. The fraction of sp³-hybridized carbons (Fsp3) is 0.276. The highest BCUT2D eigenvalue weighted by atomic mass is 35.5. The van der Waals surface area contributed by atoms with Gasteiger partial charge in [0.25, 0.3) is 5.91 Å². The Hall–Kier alpha value is -3.75. The van der Waals surface area contributed by atoms with Crippen molar-refractivity contribution in [2.75, 3.05) is 23.9 Å². The van der Waals surface area contributed by atoms with Crippen molar-refractivity contribution in [3.63, 3.8) is 0 Å². The first-order valence-corrected chi connectivity index (χ1v) is 13.5. The van der Waals surface area contributed by atoms with Gasteiger partial charge < -0.3 is 19.4 Å². The van der Waals surface area contributed by atoms with Crippen molar-refractivity contribution < 1.29 is 14.3 Å². The van der Waals surface area contributed by atoms with Gasteiger partial charge in [-0.3, -0.25) is 9.69 Å². The number of pyridine rings is 1. The summed E-state index contributed by atoms with van der Waals surface area (Å²) in [6, 6.07) is 14.7. The molecule has 0 saturated heterocycles. The number of nitrogens with one attached hydrogen (secondary N) is 1. The van der Waals surface area contributed by atoms with E-state index in [-0.39, 0.29) is 11.9 Å². The quantitative estimate of drug-likeness (QED) is 0.316. The van der Waals surface area contributed by atoms with Crippen molar-refractivity contribution >= 4 is 40.5 Å². The van der Waals surface area contributed by atoms with Crippen LogP contribution in [-0.4, -0.2) is 40.2 Å². The van der Waals surface area contributed by atoms with Crippen molar-refractivity contribution in [3.05, 3.63) is 81.7 Å². The molecule has 1 amide bonds. The molecule has 10 heteroatoms. The maximum absolute atomic E-state index is 14.4. The summed E-state index contributed by atoms with van der Waals surface area (Å²) in [6.07, 6.45) is 1.70. The molecule has 1 spiro atoms. The van der Waals surface area contributed by atoms with Gasteiger partial charge in [-0.05, 0) is 51.1 Å². The highest BCUT2D eigenvalue weighted by Crippen LogP contribution is 2.63. The Balaban J connectivity index is 1.55. The molecule has 4 aromatic rings. The maximum atomic E-state index is 14.4. The molecule has 0 radical (unpaired) electrons. The number of halogens is 2. The van der Waals surface area contributed by atoms with E-state index in [4.69, 9.17) is 37.7 Å². The summed E-state index contributed by atoms with van der Waals surface area (Å²) in [7, 11) is 1.60. The summed E-state index contributed by atoms with van der Waals surface area (Å²) in [5.41, 5.74) is 3.02. The molecule has 2 aromatic heterocycles. The molecule has 2 aromatic carbocycles. The van der Waals surface area contributed by atoms with E-state index in [1.165, 1.54) is 0 Å². The van der Waals surface area contributed by atoms with Gasteiger partial charge in [-0.1, -0.05) is 35.3 Å². The number of fused-ring (bicyclic) bond motifs is 1. The van der Waals surface area contributed by atoms with E-state index in [1.807, 2.05) is 48.2 Å². The number of hydrogen-bond acceptors (Lipinski definition) is 6. The molecule has 2 unspecified atom stereocenters. The summed E-state index contributed by atoms with van der Waals surface area (Å²) in [4.78, 5) is 25.7. The largest absolute Gasteiger partial charge is 0.496 e. The van der Waals surface area contributed by atoms with E-state index < -0.39 is 11.1 Å². The van der Waals surface area contributed by atoms with E-state index in [1.54, 1.807) is 25.4 Å². The molecule has 2 atom stereocenters. The second-order valence-electron chi connectivity index (χ2n) is 10.4. The van der Waals surface area contributed by atoms with E-state index in [9.17, 15) is 4.79 Å². The van der Waals surface area contributed by atoms with Crippen molar-refractivity contribution in [1.29, 1.82) is 0 Å². The second-order valence-corrected chi connectivity index (χ2v) is 11.3. The van der Waals surface area contributed by atoms with Crippen LogP contribution in [0.4, 0.5) is 11.4 Å². The van der Waals surface area contributed by atoms with Crippen LogP contribution in [0.15, 0.2) is 54.7 Å². The van der Waals surface area contributed by atoms with Crippen LogP contribution >= 0.6 is 23.2 Å². The maximum Gasteiger partial charge on any atom is 0.280 e. The zero-order valence-electron chi connectivity index (χ0n) is 21.8. The smallest absolute Gasteiger partial charge is 0.280 e. The number of carbonyl (C=O) groups excluding carboxylic acids is 1. The van der Waals surface area contributed by atoms with Crippen LogP contribution in [0.1, 0.15) is 42.5 Å². The molecule has 3 aliphatic rings. The third kappa shape index (κ3) is 2.98. The van der Waals surface area contributed by atoms with Gasteiger partial charge in [-0.25, -0.2) is 9.97 Å². The Labute approximate surface area is 235 Å². The minimum Gasteiger partial charge on any atom is -0.496 e. The minimum absolute atomic E-state index is 0.199. The molecule has 7 rings (SSSR count). The van der Waals surface area contributed by atoms with Crippen molar-refractivity contribution in [2.45, 2.75) is 37.9 Å². The van der Waals surface area contributed by atoms with Crippen LogP contribution in [0.5, 0.6) is 11.6 Å². The first kappa shape index (κ1) is 24.3. The molecule has 0 fully saturated rings. The third-order valence-electron chi connectivity index (χ3n) is 8.05. The van der Waals surface area contributed by atoms with Gasteiger partial charge in [-0.15, -0.1) is 0 Å². The molecule has 3 aliphatic heterocycles. The van der Waals surface area contributed by atoms with Gasteiger partial charge in [0.1, 0.15) is 17.1 Å². The summed E-state index contributed by atoms with van der Waals surface area (Å²) < 4.78 is 13.5. The van der Waals surface area contributed by atoms with Gasteiger partial charge in [0, 0.05) is 39.2 Å². The first-order valence-electron chi connectivity index (χ1n) is 12.7. The number of methoxy groups -OCH3 is 1. The molecule has 0 bridgehead atoms. The molecule has 198 valence electrons. The molecule has 5 heterocycles. The van der Waals surface area contributed by atoms with Crippen molar-refractivity contribution in [1.82, 2.24) is 14.5 Å². The lowest BCUT2D eigenvalue weighted by molar-refractivity contribution is 0.0973. The average Bonchev–Trinajstić information content (AvgIpc) is 3.58. The van der Waals surface area contributed by atoms with Gasteiger partial charge in [0.05, 0.1) is 36.6 Å². The molecule has 8 nitrogen and oxygen atoms in total. The number of carbonyl (C=O) groups is 1. The number of aromatic nitrogens is 3. The number of rotatable bonds is 5. The zero-order valence-corrected chi connectivity index (χ0v) is 23.3. The predicted octanol–water partition coefficient (Wildman–Crippen LogP) is 6.11. The Morgan fingerprint density at radius 2 is 1.90 bits per heavy atom. The normalized spacial score (nSPS) is 21.4. The molecule has 0 saturated carbocycles. The number of benzene rings is 2. The molecular formula is C29H25Cl2N5O3. The fourth-order valence-corrected chi connectivity index (χ4v) is 7.02. The zero-order chi connectivity index (χ0) is 27.3. The highest BCUT2D eigenvalue weighted by Gasteiger charge is 2.71. The van der Waals surface area contributed by atoms with E-state index >= 15 is 0 Å². The predicted molar refractivity (Wildman–Crippen MR) is 150 cm³/mol. The summed E-state index contributed by atoms with van der Waals surface area (Å²) in [5.74, 6) is 1.44. The monoisotopic (exact) mass is 561 g/mol. The van der Waals surface area contributed by atoms with Gasteiger partial charge in [0.15, 0.2) is 5.69 Å². The average molecular weight is 562 g/mol. The molecular weight excluding hydrogens is 537 g/mol. The number of ether oxygens (including phenoxy) is 2. The Morgan fingerprint density at radius 1 is 1.10 bits per heavy atom. The number of nitrogens with zero attached hydrogens (tertiary/aromatic N) is 4. The molecule has 39 heavy (non-hydrogen) atoms. The standard InChI is InChI=1S/C29H25Cl2N5O3/c1-5-39-22-13-21(38-4)18(14-32-22)25-34-23-24-29(35(26(23)37)17-8-6-7-15(30)11-17)19-10-9-16(31)12-20(19)33-27(29)28(2,3)36(24)25/h6-14,27,33H,5H2,1-4H3.